The standard InChI is InChI=1S/C21H23N3O3/c1-15-5-3-8-19(13-15)23-9-11-24(12-10-23)21(27)20(26)22-18-7-4-6-17(14-18)16(2)25/h3-8,13-14H,9-12H2,1-2H3,(H,22,26). The number of ketones is 1. The molecule has 0 radical (unpaired) electrons. The molecule has 140 valence electrons. The zero-order valence-electron chi connectivity index (χ0n) is 15.6. The van der Waals surface area contributed by atoms with Crippen molar-refractivity contribution in [3.63, 3.8) is 0 Å². The lowest BCUT2D eigenvalue weighted by molar-refractivity contribution is -0.143. The van der Waals surface area contributed by atoms with E-state index in [4.69, 9.17) is 0 Å². The first-order valence-corrected chi connectivity index (χ1v) is 8.97. The van der Waals surface area contributed by atoms with E-state index in [0.717, 1.165) is 5.69 Å². The summed E-state index contributed by atoms with van der Waals surface area (Å²) in [6.07, 6.45) is 0. The molecule has 2 aromatic carbocycles. The highest BCUT2D eigenvalue weighted by Crippen LogP contribution is 2.18. The quantitative estimate of drug-likeness (QED) is 0.670. The fourth-order valence-corrected chi connectivity index (χ4v) is 3.14. The molecule has 1 saturated heterocycles. The van der Waals surface area contributed by atoms with E-state index in [-0.39, 0.29) is 5.78 Å². The van der Waals surface area contributed by atoms with Gasteiger partial charge in [0, 0.05) is 43.1 Å². The third-order valence-electron chi connectivity index (χ3n) is 4.65. The smallest absolute Gasteiger partial charge is 0.313 e. The van der Waals surface area contributed by atoms with Gasteiger partial charge in [-0.3, -0.25) is 14.4 Å². The van der Waals surface area contributed by atoms with Gasteiger partial charge in [-0.05, 0) is 43.7 Å². The van der Waals surface area contributed by atoms with E-state index >= 15 is 0 Å². The zero-order chi connectivity index (χ0) is 19.4. The molecule has 2 aromatic rings. The predicted molar refractivity (Wildman–Crippen MR) is 105 cm³/mol. The summed E-state index contributed by atoms with van der Waals surface area (Å²) in [4.78, 5) is 40.0. The van der Waals surface area contributed by atoms with Crippen LogP contribution in [0, 0.1) is 6.92 Å². The number of benzene rings is 2. The number of amides is 2. The van der Waals surface area contributed by atoms with E-state index in [9.17, 15) is 14.4 Å². The van der Waals surface area contributed by atoms with Gasteiger partial charge in [0.2, 0.25) is 0 Å². The third kappa shape index (κ3) is 4.53. The highest BCUT2D eigenvalue weighted by atomic mass is 16.2. The molecule has 6 heteroatoms. The van der Waals surface area contributed by atoms with Crippen LogP contribution in [0.1, 0.15) is 22.8 Å². The SMILES string of the molecule is CC(=O)c1cccc(NC(=O)C(=O)N2CCN(c3cccc(C)c3)CC2)c1. The van der Waals surface area contributed by atoms with Crippen LogP contribution < -0.4 is 10.2 Å². The van der Waals surface area contributed by atoms with Crippen LogP contribution in [0.25, 0.3) is 0 Å². The minimum absolute atomic E-state index is 0.0929. The van der Waals surface area contributed by atoms with Crippen LogP contribution in [0.5, 0.6) is 0 Å². The largest absolute Gasteiger partial charge is 0.368 e. The van der Waals surface area contributed by atoms with Crippen molar-refractivity contribution in [1.29, 1.82) is 0 Å². The first-order chi connectivity index (χ1) is 12.9. The van der Waals surface area contributed by atoms with Gasteiger partial charge in [-0.2, -0.15) is 0 Å². The number of carbonyl (C=O) groups excluding carboxylic acids is 3. The summed E-state index contributed by atoms with van der Waals surface area (Å²) in [6, 6.07) is 14.8. The number of aryl methyl sites for hydroxylation is 1. The molecular weight excluding hydrogens is 342 g/mol. The van der Waals surface area contributed by atoms with Crippen LogP contribution in [0.2, 0.25) is 0 Å². The van der Waals surface area contributed by atoms with Crippen molar-refractivity contribution in [3.8, 4) is 0 Å². The van der Waals surface area contributed by atoms with Gasteiger partial charge in [0.1, 0.15) is 0 Å². The number of Topliss-reactive ketones (excluding diaryl/α,β-unsaturated/α-hetero) is 1. The molecule has 3 rings (SSSR count). The Labute approximate surface area is 158 Å². The topological polar surface area (TPSA) is 69.7 Å². The van der Waals surface area contributed by atoms with E-state index < -0.39 is 11.8 Å². The molecule has 0 bridgehead atoms. The predicted octanol–water partition coefficient (Wildman–Crippen LogP) is 2.48. The van der Waals surface area contributed by atoms with Crippen molar-refractivity contribution in [2.24, 2.45) is 0 Å². The molecule has 1 N–H and O–H groups in total. The minimum atomic E-state index is -0.681. The average molecular weight is 365 g/mol. The molecule has 1 aliphatic rings. The van der Waals surface area contributed by atoms with Gasteiger partial charge in [-0.15, -0.1) is 0 Å². The van der Waals surface area contributed by atoms with Gasteiger partial charge in [0.05, 0.1) is 0 Å². The van der Waals surface area contributed by atoms with Crippen LogP contribution in [-0.4, -0.2) is 48.7 Å². The molecule has 0 saturated carbocycles. The molecule has 0 unspecified atom stereocenters. The first-order valence-electron chi connectivity index (χ1n) is 8.97. The van der Waals surface area contributed by atoms with E-state index in [2.05, 4.69) is 35.3 Å². The summed E-state index contributed by atoms with van der Waals surface area (Å²) in [5.41, 5.74) is 3.26. The van der Waals surface area contributed by atoms with E-state index in [1.54, 1.807) is 29.2 Å². The van der Waals surface area contributed by atoms with Crippen molar-refractivity contribution < 1.29 is 14.4 Å². The first kappa shape index (κ1) is 18.6. The Hall–Kier alpha value is -3.15. The molecule has 0 aromatic heterocycles. The number of anilines is 2. The number of piperazine rings is 1. The summed E-state index contributed by atoms with van der Waals surface area (Å²) in [5.74, 6) is -1.32. The van der Waals surface area contributed by atoms with E-state index in [0.29, 0.717) is 37.4 Å². The van der Waals surface area contributed by atoms with Crippen molar-refractivity contribution in [3.05, 3.63) is 59.7 Å². The van der Waals surface area contributed by atoms with Gasteiger partial charge in [0.25, 0.3) is 0 Å². The summed E-state index contributed by atoms with van der Waals surface area (Å²) in [5, 5.41) is 2.59. The fraction of sp³-hybridized carbons (Fsp3) is 0.286. The van der Waals surface area contributed by atoms with Crippen LogP contribution in [0.15, 0.2) is 48.5 Å². The number of carbonyl (C=O) groups is 3. The maximum atomic E-state index is 12.4. The molecule has 0 spiro atoms. The highest BCUT2D eigenvalue weighted by molar-refractivity contribution is 6.39. The van der Waals surface area contributed by atoms with Gasteiger partial charge in [-0.1, -0.05) is 24.3 Å². The fourth-order valence-electron chi connectivity index (χ4n) is 3.14. The highest BCUT2D eigenvalue weighted by Gasteiger charge is 2.26. The number of hydrogen-bond acceptors (Lipinski definition) is 4. The second-order valence-electron chi connectivity index (χ2n) is 6.71. The number of hydrogen-bond donors (Lipinski definition) is 1. The summed E-state index contributed by atoms with van der Waals surface area (Å²) in [6.45, 7) is 5.86. The Balaban J connectivity index is 1.58. The number of nitrogens with zero attached hydrogens (tertiary/aromatic N) is 2. The minimum Gasteiger partial charge on any atom is -0.368 e. The molecule has 27 heavy (non-hydrogen) atoms. The molecule has 2 amide bonds. The van der Waals surface area contributed by atoms with Crippen LogP contribution in [0.3, 0.4) is 0 Å². The summed E-state index contributed by atoms with van der Waals surface area (Å²) >= 11 is 0. The van der Waals surface area contributed by atoms with E-state index in [1.807, 2.05) is 6.07 Å². The Morgan fingerprint density at radius 2 is 1.63 bits per heavy atom. The van der Waals surface area contributed by atoms with Crippen molar-refractivity contribution in [2.45, 2.75) is 13.8 Å². The van der Waals surface area contributed by atoms with Crippen LogP contribution >= 0.6 is 0 Å². The van der Waals surface area contributed by atoms with Crippen LogP contribution in [-0.2, 0) is 9.59 Å². The van der Waals surface area contributed by atoms with Crippen molar-refractivity contribution in [2.75, 3.05) is 36.4 Å². The second-order valence-corrected chi connectivity index (χ2v) is 6.71. The molecule has 1 heterocycles. The number of nitrogens with one attached hydrogen (secondary N) is 1. The summed E-state index contributed by atoms with van der Waals surface area (Å²) in [7, 11) is 0. The Morgan fingerprint density at radius 3 is 2.30 bits per heavy atom. The van der Waals surface area contributed by atoms with Gasteiger partial charge >= 0.3 is 11.8 Å². The lowest BCUT2D eigenvalue weighted by atomic mass is 10.1. The van der Waals surface area contributed by atoms with Gasteiger partial charge in [-0.25, -0.2) is 0 Å². The normalized spacial score (nSPS) is 14.0. The Morgan fingerprint density at radius 1 is 0.926 bits per heavy atom. The lowest BCUT2D eigenvalue weighted by Crippen LogP contribution is -2.51. The molecule has 0 aliphatic carbocycles. The monoisotopic (exact) mass is 365 g/mol. The lowest BCUT2D eigenvalue weighted by Gasteiger charge is -2.35. The summed E-state index contributed by atoms with van der Waals surface area (Å²) < 4.78 is 0. The zero-order valence-corrected chi connectivity index (χ0v) is 15.6. The van der Waals surface area contributed by atoms with Crippen molar-refractivity contribution in [1.82, 2.24) is 4.90 Å². The van der Waals surface area contributed by atoms with Gasteiger partial charge in [0.15, 0.2) is 5.78 Å². The van der Waals surface area contributed by atoms with Crippen molar-refractivity contribution >= 4 is 29.0 Å². The average Bonchev–Trinajstić information content (AvgIpc) is 2.67. The maximum Gasteiger partial charge on any atom is 0.313 e. The second kappa shape index (κ2) is 8.03. The van der Waals surface area contributed by atoms with E-state index in [1.165, 1.54) is 12.5 Å². The molecule has 1 aliphatic heterocycles. The Bertz CT molecular complexity index is 870. The van der Waals surface area contributed by atoms with Gasteiger partial charge < -0.3 is 15.1 Å². The molecular formula is C21H23N3O3. The maximum absolute atomic E-state index is 12.4. The molecule has 1 fully saturated rings. The third-order valence-corrected chi connectivity index (χ3v) is 4.65. The molecule has 0 atom stereocenters. The molecule has 6 nitrogen and oxygen atoms in total. The Kier molecular flexibility index (Phi) is 5.54. The van der Waals surface area contributed by atoms with Crippen LogP contribution in [0.4, 0.5) is 11.4 Å². The number of rotatable bonds is 3.